The summed E-state index contributed by atoms with van der Waals surface area (Å²) in [5.41, 5.74) is 4.43. The highest BCUT2D eigenvalue weighted by molar-refractivity contribution is 9.09. The molecule has 0 saturated heterocycles. The van der Waals surface area contributed by atoms with Crippen molar-refractivity contribution in [2.24, 2.45) is 0 Å². The lowest BCUT2D eigenvalue weighted by atomic mass is 9.80. The van der Waals surface area contributed by atoms with Gasteiger partial charge in [0.05, 0.1) is 0 Å². The van der Waals surface area contributed by atoms with Gasteiger partial charge in [-0.25, -0.2) is 0 Å². The van der Waals surface area contributed by atoms with E-state index in [9.17, 15) is 0 Å². The van der Waals surface area contributed by atoms with Crippen molar-refractivity contribution in [1.29, 1.82) is 0 Å². The van der Waals surface area contributed by atoms with E-state index in [2.05, 4.69) is 77.5 Å². The van der Waals surface area contributed by atoms with Gasteiger partial charge >= 0.3 is 0 Å². The van der Waals surface area contributed by atoms with Crippen LogP contribution in [0.25, 0.3) is 11.1 Å². The second-order valence-corrected chi connectivity index (χ2v) is 7.14. The summed E-state index contributed by atoms with van der Waals surface area (Å²) in [7, 11) is 0. The lowest BCUT2D eigenvalue weighted by Crippen LogP contribution is -2.17. The fourth-order valence-electron chi connectivity index (χ4n) is 3.13. The van der Waals surface area contributed by atoms with Crippen molar-refractivity contribution in [2.75, 3.05) is 0 Å². The van der Waals surface area contributed by atoms with Crippen LogP contribution in [0.3, 0.4) is 0 Å². The largest absolute Gasteiger partial charge is 0.0890 e. The Morgan fingerprint density at radius 2 is 1.58 bits per heavy atom. The Morgan fingerprint density at radius 3 is 2.16 bits per heavy atom. The Kier molecular flexibility index (Phi) is 3.49. The van der Waals surface area contributed by atoms with E-state index in [0.29, 0.717) is 10.2 Å². The van der Waals surface area contributed by atoms with Gasteiger partial charge in [0.1, 0.15) is 0 Å². The van der Waals surface area contributed by atoms with Crippen molar-refractivity contribution in [2.45, 2.75) is 36.4 Å². The Labute approximate surface area is 124 Å². The zero-order chi connectivity index (χ0) is 13.3. The molecule has 1 saturated carbocycles. The van der Waals surface area contributed by atoms with Crippen LogP contribution >= 0.6 is 15.9 Å². The Balaban J connectivity index is 1.87. The molecular weight excluding hydrogens is 296 g/mol. The zero-order valence-electron chi connectivity index (χ0n) is 11.3. The second kappa shape index (κ2) is 5.13. The molecule has 2 unspecified atom stereocenters. The molecular formula is C18H19Br. The SMILES string of the molecule is CC1(c2ccc(-c3ccccc3)cc2)CCC(Br)C1. The quantitative estimate of drug-likeness (QED) is 0.637. The fraction of sp³-hybridized carbons (Fsp3) is 0.333. The first-order chi connectivity index (χ1) is 9.17. The third-order valence-electron chi connectivity index (χ3n) is 4.37. The molecule has 0 aromatic heterocycles. The van der Waals surface area contributed by atoms with Crippen molar-refractivity contribution < 1.29 is 0 Å². The molecule has 2 aromatic carbocycles. The first-order valence-corrected chi connectivity index (χ1v) is 7.89. The van der Waals surface area contributed by atoms with Crippen LogP contribution in [0.5, 0.6) is 0 Å². The molecule has 0 radical (unpaired) electrons. The van der Waals surface area contributed by atoms with E-state index < -0.39 is 0 Å². The smallest absolute Gasteiger partial charge is 0.0154 e. The number of halogens is 1. The fourth-order valence-corrected chi connectivity index (χ4v) is 4.07. The molecule has 0 heterocycles. The number of rotatable bonds is 2. The number of hydrogen-bond donors (Lipinski definition) is 0. The van der Waals surface area contributed by atoms with Gasteiger partial charge in [0.2, 0.25) is 0 Å². The highest BCUT2D eigenvalue weighted by Crippen LogP contribution is 2.43. The molecule has 1 heteroatoms. The monoisotopic (exact) mass is 314 g/mol. The van der Waals surface area contributed by atoms with E-state index in [0.717, 1.165) is 0 Å². The summed E-state index contributed by atoms with van der Waals surface area (Å²) in [4.78, 5) is 0.686. The summed E-state index contributed by atoms with van der Waals surface area (Å²) in [6.07, 6.45) is 3.82. The van der Waals surface area contributed by atoms with Crippen molar-refractivity contribution in [3.05, 3.63) is 60.2 Å². The predicted molar refractivity (Wildman–Crippen MR) is 85.8 cm³/mol. The first-order valence-electron chi connectivity index (χ1n) is 6.97. The van der Waals surface area contributed by atoms with Crippen molar-refractivity contribution >= 4 is 15.9 Å². The summed E-state index contributed by atoms with van der Waals surface area (Å²) in [6, 6.07) is 19.7. The van der Waals surface area contributed by atoms with E-state index >= 15 is 0 Å². The van der Waals surface area contributed by atoms with Gasteiger partial charge in [-0.3, -0.25) is 0 Å². The van der Waals surface area contributed by atoms with Gasteiger partial charge in [-0.15, -0.1) is 0 Å². The molecule has 2 atom stereocenters. The Bertz CT molecular complexity index is 544. The summed E-state index contributed by atoms with van der Waals surface area (Å²) >= 11 is 3.76. The van der Waals surface area contributed by atoms with Crippen LogP contribution < -0.4 is 0 Å². The van der Waals surface area contributed by atoms with Gasteiger partial charge in [0.15, 0.2) is 0 Å². The van der Waals surface area contributed by atoms with E-state index in [4.69, 9.17) is 0 Å². The lowest BCUT2D eigenvalue weighted by Gasteiger charge is -2.24. The summed E-state index contributed by atoms with van der Waals surface area (Å²) < 4.78 is 0. The summed E-state index contributed by atoms with van der Waals surface area (Å²) in [5.74, 6) is 0. The Morgan fingerprint density at radius 1 is 0.947 bits per heavy atom. The predicted octanol–water partition coefficient (Wildman–Crippen LogP) is 5.56. The molecule has 0 nitrogen and oxygen atoms in total. The third kappa shape index (κ3) is 2.62. The highest BCUT2D eigenvalue weighted by atomic mass is 79.9. The third-order valence-corrected chi connectivity index (χ3v) is 5.15. The van der Waals surface area contributed by atoms with Gasteiger partial charge in [-0.2, -0.15) is 0 Å². The molecule has 3 rings (SSSR count). The van der Waals surface area contributed by atoms with Crippen LogP contribution in [-0.4, -0.2) is 4.83 Å². The minimum absolute atomic E-state index is 0.351. The van der Waals surface area contributed by atoms with Gasteiger partial charge < -0.3 is 0 Å². The van der Waals surface area contributed by atoms with E-state index in [1.807, 2.05) is 0 Å². The first kappa shape index (κ1) is 12.9. The maximum Gasteiger partial charge on any atom is 0.0154 e. The molecule has 0 N–H and O–H groups in total. The molecule has 0 aliphatic heterocycles. The van der Waals surface area contributed by atoms with Crippen LogP contribution in [0.2, 0.25) is 0 Å². The molecule has 1 aliphatic carbocycles. The summed E-state index contributed by atoms with van der Waals surface area (Å²) in [5, 5.41) is 0. The normalized spacial score (nSPS) is 26.5. The van der Waals surface area contributed by atoms with Gasteiger partial charge in [-0.05, 0) is 41.4 Å². The van der Waals surface area contributed by atoms with Crippen molar-refractivity contribution in [3.63, 3.8) is 0 Å². The van der Waals surface area contributed by atoms with Crippen LogP contribution in [0.15, 0.2) is 54.6 Å². The maximum atomic E-state index is 3.76. The van der Waals surface area contributed by atoms with E-state index in [-0.39, 0.29) is 0 Å². The second-order valence-electron chi connectivity index (χ2n) is 5.84. The average molecular weight is 315 g/mol. The van der Waals surface area contributed by atoms with Crippen LogP contribution in [0.1, 0.15) is 31.7 Å². The lowest BCUT2D eigenvalue weighted by molar-refractivity contribution is 0.493. The van der Waals surface area contributed by atoms with Crippen molar-refractivity contribution in [1.82, 2.24) is 0 Å². The minimum Gasteiger partial charge on any atom is -0.0890 e. The van der Waals surface area contributed by atoms with Crippen LogP contribution in [-0.2, 0) is 5.41 Å². The number of hydrogen-bond acceptors (Lipinski definition) is 0. The molecule has 1 fully saturated rings. The molecule has 0 amide bonds. The van der Waals surface area contributed by atoms with Crippen LogP contribution in [0.4, 0.5) is 0 Å². The number of alkyl halides is 1. The van der Waals surface area contributed by atoms with Gasteiger partial charge in [0.25, 0.3) is 0 Å². The Hall–Kier alpha value is -1.08. The van der Waals surface area contributed by atoms with E-state index in [1.54, 1.807) is 0 Å². The molecule has 0 spiro atoms. The number of benzene rings is 2. The zero-order valence-corrected chi connectivity index (χ0v) is 12.9. The van der Waals surface area contributed by atoms with Crippen LogP contribution in [0, 0.1) is 0 Å². The molecule has 19 heavy (non-hydrogen) atoms. The maximum absolute atomic E-state index is 3.76. The standard InChI is InChI=1S/C18H19Br/c1-18(12-11-17(19)13-18)16-9-7-15(8-10-16)14-5-3-2-4-6-14/h2-10,17H,11-13H2,1H3. The summed E-state index contributed by atoms with van der Waals surface area (Å²) in [6.45, 7) is 2.39. The van der Waals surface area contributed by atoms with Gasteiger partial charge in [0, 0.05) is 4.83 Å². The minimum atomic E-state index is 0.351. The average Bonchev–Trinajstić information content (AvgIpc) is 2.81. The topological polar surface area (TPSA) is 0 Å². The molecule has 1 aliphatic rings. The highest BCUT2D eigenvalue weighted by Gasteiger charge is 2.35. The van der Waals surface area contributed by atoms with Crippen molar-refractivity contribution in [3.8, 4) is 11.1 Å². The molecule has 0 bridgehead atoms. The van der Waals surface area contributed by atoms with Gasteiger partial charge in [-0.1, -0.05) is 77.5 Å². The molecule has 2 aromatic rings. The molecule has 98 valence electrons. The van der Waals surface area contributed by atoms with E-state index in [1.165, 1.54) is 36.0 Å².